The third kappa shape index (κ3) is 2.23. The molecule has 4 bridgehead atoms. The molecule has 0 radical (unpaired) electrons. The van der Waals surface area contributed by atoms with E-state index in [4.69, 9.17) is 0 Å². The second-order valence-corrected chi connectivity index (χ2v) is 8.95. The van der Waals surface area contributed by atoms with Crippen LogP contribution in [0.1, 0.15) is 58.3 Å². The predicted molar refractivity (Wildman–Crippen MR) is 83.9 cm³/mol. The first-order valence-corrected chi connectivity index (χ1v) is 8.98. The van der Waals surface area contributed by atoms with E-state index in [9.17, 15) is 4.79 Å². The minimum absolute atomic E-state index is 0.0124. The Kier molecular flexibility index (Phi) is 3.15. The van der Waals surface area contributed by atoms with Crippen LogP contribution < -0.4 is 5.32 Å². The van der Waals surface area contributed by atoms with Crippen LogP contribution in [0.15, 0.2) is 0 Å². The largest absolute Gasteiger partial charge is 0.342 e. The van der Waals surface area contributed by atoms with Crippen molar-refractivity contribution in [2.45, 2.75) is 64.3 Å². The summed E-state index contributed by atoms with van der Waals surface area (Å²) in [7, 11) is 2.08. The molecule has 2 unspecified atom stereocenters. The summed E-state index contributed by atoms with van der Waals surface area (Å²) in [5.41, 5.74) is 0.479. The third-order valence-corrected chi connectivity index (χ3v) is 6.98. The Morgan fingerprint density at radius 2 is 1.71 bits per heavy atom. The second-order valence-electron chi connectivity index (χ2n) is 8.95. The van der Waals surface area contributed by atoms with Gasteiger partial charge in [0, 0.05) is 13.1 Å². The molecule has 3 heteroatoms. The van der Waals surface area contributed by atoms with E-state index < -0.39 is 0 Å². The highest BCUT2D eigenvalue weighted by atomic mass is 16.2. The van der Waals surface area contributed by atoms with E-state index in [-0.39, 0.29) is 5.41 Å². The standard InChI is InChI=1S/C18H30N2O/c1-17-8-13-7-14(9-17)11-18(10-13,12-17)16(21)20(2)15-3-5-19-6-4-15/h13-15,19H,3-12H2,1-2H3. The van der Waals surface area contributed by atoms with Crippen molar-refractivity contribution in [2.75, 3.05) is 20.1 Å². The van der Waals surface area contributed by atoms with E-state index in [1.807, 2.05) is 0 Å². The van der Waals surface area contributed by atoms with E-state index in [0.717, 1.165) is 37.8 Å². The molecule has 1 amide bonds. The van der Waals surface area contributed by atoms with Crippen LogP contribution in [0, 0.1) is 22.7 Å². The number of piperidine rings is 1. The van der Waals surface area contributed by atoms with Gasteiger partial charge in [0.15, 0.2) is 0 Å². The average molecular weight is 290 g/mol. The Morgan fingerprint density at radius 3 is 2.29 bits per heavy atom. The van der Waals surface area contributed by atoms with Crippen LogP contribution in [0.3, 0.4) is 0 Å². The predicted octanol–water partition coefficient (Wildman–Crippen LogP) is 2.80. The highest BCUT2D eigenvalue weighted by molar-refractivity contribution is 5.83. The normalized spacial score (nSPS) is 45.8. The van der Waals surface area contributed by atoms with Gasteiger partial charge in [-0.2, -0.15) is 0 Å². The summed E-state index contributed by atoms with van der Waals surface area (Å²) < 4.78 is 0. The molecular formula is C18H30N2O. The third-order valence-electron chi connectivity index (χ3n) is 6.98. The number of hydrogen-bond donors (Lipinski definition) is 1. The van der Waals surface area contributed by atoms with Crippen molar-refractivity contribution in [3.05, 3.63) is 0 Å². The monoisotopic (exact) mass is 290 g/mol. The van der Waals surface area contributed by atoms with Gasteiger partial charge >= 0.3 is 0 Å². The van der Waals surface area contributed by atoms with Gasteiger partial charge in [-0.1, -0.05) is 6.92 Å². The molecule has 118 valence electrons. The maximum atomic E-state index is 13.3. The van der Waals surface area contributed by atoms with Gasteiger partial charge in [0.05, 0.1) is 5.41 Å². The average Bonchev–Trinajstić information content (AvgIpc) is 2.44. The van der Waals surface area contributed by atoms with E-state index in [1.165, 1.54) is 38.5 Å². The van der Waals surface area contributed by atoms with Gasteiger partial charge in [-0.15, -0.1) is 0 Å². The quantitative estimate of drug-likeness (QED) is 0.848. The van der Waals surface area contributed by atoms with Crippen LogP contribution in [0.4, 0.5) is 0 Å². The number of amides is 1. The van der Waals surface area contributed by atoms with Crippen LogP contribution in [-0.4, -0.2) is 37.0 Å². The van der Waals surface area contributed by atoms with Crippen molar-refractivity contribution < 1.29 is 4.79 Å². The molecule has 1 N–H and O–H groups in total. The van der Waals surface area contributed by atoms with Crippen molar-refractivity contribution >= 4 is 5.91 Å². The molecule has 0 aromatic carbocycles. The van der Waals surface area contributed by atoms with Crippen LogP contribution in [0.25, 0.3) is 0 Å². The molecule has 0 spiro atoms. The smallest absolute Gasteiger partial charge is 0.228 e. The Hall–Kier alpha value is -0.570. The van der Waals surface area contributed by atoms with Crippen molar-refractivity contribution in [1.82, 2.24) is 10.2 Å². The van der Waals surface area contributed by atoms with Gasteiger partial charge in [0.1, 0.15) is 0 Å². The van der Waals surface area contributed by atoms with Crippen molar-refractivity contribution in [1.29, 1.82) is 0 Å². The molecule has 3 nitrogen and oxygen atoms in total. The van der Waals surface area contributed by atoms with Gasteiger partial charge in [-0.25, -0.2) is 0 Å². The number of hydrogen-bond acceptors (Lipinski definition) is 2. The number of carbonyl (C=O) groups is 1. The first-order valence-electron chi connectivity index (χ1n) is 8.98. The van der Waals surface area contributed by atoms with Crippen LogP contribution in [0.2, 0.25) is 0 Å². The molecule has 21 heavy (non-hydrogen) atoms. The summed E-state index contributed by atoms with van der Waals surface area (Å²) in [5.74, 6) is 2.16. The molecule has 5 aliphatic rings. The van der Waals surface area contributed by atoms with Gasteiger partial charge in [0.25, 0.3) is 0 Å². The highest BCUT2D eigenvalue weighted by Gasteiger charge is 2.59. The summed E-state index contributed by atoms with van der Waals surface area (Å²) >= 11 is 0. The molecule has 1 aliphatic heterocycles. The zero-order valence-electron chi connectivity index (χ0n) is 13.7. The Bertz CT molecular complexity index is 426. The number of rotatable bonds is 2. The van der Waals surface area contributed by atoms with Crippen LogP contribution in [-0.2, 0) is 4.79 Å². The first-order chi connectivity index (χ1) is 10.00. The molecule has 2 atom stereocenters. The summed E-state index contributed by atoms with van der Waals surface area (Å²) in [4.78, 5) is 15.5. The van der Waals surface area contributed by atoms with E-state index in [2.05, 4.69) is 24.2 Å². The van der Waals surface area contributed by atoms with Crippen molar-refractivity contribution in [3.63, 3.8) is 0 Å². The Balaban J connectivity index is 1.55. The molecule has 5 rings (SSSR count). The molecule has 1 saturated heterocycles. The molecule has 4 aliphatic carbocycles. The molecule has 5 fully saturated rings. The summed E-state index contributed by atoms with van der Waals surface area (Å²) in [5, 5.41) is 3.41. The number of nitrogens with one attached hydrogen (secondary N) is 1. The van der Waals surface area contributed by atoms with Crippen LogP contribution in [0.5, 0.6) is 0 Å². The lowest BCUT2D eigenvalue weighted by Gasteiger charge is -2.61. The van der Waals surface area contributed by atoms with Crippen LogP contribution >= 0.6 is 0 Å². The summed E-state index contributed by atoms with van der Waals surface area (Å²) in [6, 6.07) is 0.472. The maximum Gasteiger partial charge on any atom is 0.228 e. The zero-order valence-corrected chi connectivity index (χ0v) is 13.7. The van der Waals surface area contributed by atoms with Crippen molar-refractivity contribution in [2.24, 2.45) is 22.7 Å². The number of nitrogens with zero attached hydrogens (tertiary/aromatic N) is 1. The Labute approximate surface area is 128 Å². The summed E-state index contributed by atoms with van der Waals surface area (Å²) in [6.45, 7) is 4.59. The van der Waals surface area contributed by atoms with Gasteiger partial charge < -0.3 is 10.2 Å². The lowest BCUT2D eigenvalue weighted by atomic mass is 9.44. The molecule has 4 saturated carbocycles. The summed E-state index contributed by atoms with van der Waals surface area (Å²) in [6.07, 6.45) is 9.97. The van der Waals surface area contributed by atoms with Gasteiger partial charge in [-0.3, -0.25) is 4.79 Å². The van der Waals surface area contributed by atoms with Crippen molar-refractivity contribution in [3.8, 4) is 0 Å². The molecule has 0 aromatic heterocycles. The second kappa shape index (κ2) is 4.71. The fraction of sp³-hybridized carbons (Fsp3) is 0.944. The number of carbonyl (C=O) groups excluding carboxylic acids is 1. The fourth-order valence-corrected chi connectivity index (χ4v) is 6.70. The molecular weight excluding hydrogens is 260 g/mol. The minimum Gasteiger partial charge on any atom is -0.342 e. The maximum absolute atomic E-state index is 13.3. The fourth-order valence-electron chi connectivity index (χ4n) is 6.70. The van der Waals surface area contributed by atoms with Gasteiger partial charge in [0.2, 0.25) is 5.91 Å². The molecule has 1 heterocycles. The lowest BCUT2D eigenvalue weighted by Crippen LogP contribution is -2.58. The lowest BCUT2D eigenvalue weighted by molar-refractivity contribution is -0.167. The van der Waals surface area contributed by atoms with Gasteiger partial charge in [-0.05, 0) is 81.7 Å². The van der Waals surface area contributed by atoms with E-state index in [0.29, 0.717) is 17.4 Å². The SMILES string of the molecule is CN(C(=O)C12CC3CC(CC(C)(C3)C1)C2)C1CCNCC1. The van der Waals surface area contributed by atoms with E-state index in [1.54, 1.807) is 0 Å². The molecule has 0 aromatic rings. The highest BCUT2D eigenvalue weighted by Crippen LogP contribution is 2.65. The topological polar surface area (TPSA) is 32.3 Å². The zero-order chi connectivity index (χ0) is 14.7. The van der Waals surface area contributed by atoms with E-state index >= 15 is 0 Å². The Morgan fingerprint density at radius 1 is 1.10 bits per heavy atom. The minimum atomic E-state index is 0.0124. The first kappa shape index (κ1) is 14.0.